The summed E-state index contributed by atoms with van der Waals surface area (Å²) in [4.78, 5) is 37.6. The maximum absolute atomic E-state index is 11.9. The Labute approximate surface area is 98.5 Å². The average Bonchev–Trinajstić information content (AvgIpc) is 2.29. The van der Waals surface area contributed by atoms with E-state index in [1.54, 1.807) is 14.1 Å². The third-order valence-electron chi connectivity index (χ3n) is 2.76. The van der Waals surface area contributed by atoms with Gasteiger partial charge in [-0.15, -0.1) is 0 Å². The molecule has 2 heterocycles. The van der Waals surface area contributed by atoms with Gasteiger partial charge in [0.2, 0.25) is 11.8 Å². The molecule has 0 aromatic rings. The number of nitrogens with zero attached hydrogens (tertiary/aromatic N) is 3. The SMILES string of the molecule is CN(C)C(=O)N1NCC(=O)N2CC(=O)NCC21. The molecule has 0 aliphatic carbocycles. The van der Waals surface area contributed by atoms with E-state index in [0.717, 1.165) is 0 Å². The first-order valence-electron chi connectivity index (χ1n) is 5.31. The first kappa shape index (κ1) is 11.6. The van der Waals surface area contributed by atoms with Gasteiger partial charge in [-0.2, -0.15) is 0 Å². The van der Waals surface area contributed by atoms with Crippen LogP contribution >= 0.6 is 0 Å². The van der Waals surface area contributed by atoms with Crippen molar-refractivity contribution < 1.29 is 14.4 Å². The quantitative estimate of drug-likeness (QED) is 0.503. The molecular formula is C9H15N5O3. The standard InChI is InChI=1S/C9H15N5O3/c1-12(2)9(17)14-7-3-10-6(15)5-13(7)8(16)4-11-14/h7,11H,3-5H2,1-2H3,(H,10,15). The molecule has 4 amide bonds. The second kappa shape index (κ2) is 4.21. The van der Waals surface area contributed by atoms with Gasteiger partial charge < -0.3 is 15.1 Å². The Morgan fingerprint density at radius 3 is 2.76 bits per heavy atom. The van der Waals surface area contributed by atoms with Gasteiger partial charge in [-0.25, -0.2) is 15.2 Å². The van der Waals surface area contributed by atoms with Gasteiger partial charge in [0, 0.05) is 14.1 Å². The molecule has 1 atom stereocenters. The van der Waals surface area contributed by atoms with E-state index in [-0.39, 0.29) is 37.5 Å². The molecule has 2 aliphatic heterocycles. The molecule has 1 unspecified atom stereocenters. The summed E-state index contributed by atoms with van der Waals surface area (Å²) in [5.41, 5.74) is 2.76. The Morgan fingerprint density at radius 2 is 2.12 bits per heavy atom. The van der Waals surface area contributed by atoms with Crippen LogP contribution in [-0.4, -0.2) is 72.5 Å². The van der Waals surface area contributed by atoms with Crippen LogP contribution in [0.5, 0.6) is 0 Å². The van der Waals surface area contributed by atoms with Crippen molar-refractivity contribution in [2.45, 2.75) is 6.17 Å². The van der Waals surface area contributed by atoms with E-state index in [1.165, 1.54) is 14.8 Å². The Morgan fingerprint density at radius 1 is 1.41 bits per heavy atom. The zero-order chi connectivity index (χ0) is 12.6. The van der Waals surface area contributed by atoms with E-state index in [9.17, 15) is 14.4 Å². The Bertz CT molecular complexity index is 370. The summed E-state index contributed by atoms with van der Waals surface area (Å²) in [7, 11) is 3.26. The fraction of sp³-hybridized carbons (Fsp3) is 0.667. The minimum Gasteiger partial charge on any atom is -0.351 e. The van der Waals surface area contributed by atoms with Crippen molar-refractivity contribution in [3.63, 3.8) is 0 Å². The largest absolute Gasteiger partial charge is 0.351 e. The van der Waals surface area contributed by atoms with Gasteiger partial charge in [0.1, 0.15) is 12.7 Å². The van der Waals surface area contributed by atoms with Crippen molar-refractivity contribution >= 4 is 17.8 Å². The van der Waals surface area contributed by atoms with Crippen LogP contribution in [-0.2, 0) is 9.59 Å². The van der Waals surface area contributed by atoms with E-state index in [4.69, 9.17) is 0 Å². The molecule has 2 fully saturated rings. The Kier molecular flexibility index (Phi) is 2.88. The number of nitrogens with one attached hydrogen (secondary N) is 2. The molecule has 2 N–H and O–H groups in total. The molecule has 2 aliphatic rings. The minimum atomic E-state index is -0.455. The van der Waals surface area contributed by atoms with Crippen molar-refractivity contribution in [1.29, 1.82) is 0 Å². The molecule has 2 saturated heterocycles. The van der Waals surface area contributed by atoms with Gasteiger partial charge in [-0.1, -0.05) is 0 Å². The van der Waals surface area contributed by atoms with E-state index in [2.05, 4.69) is 10.7 Å². The summed E-state index contributed by atoms with van der Waals surface area (Å²) in [5, 5.41) is 4.02. The molecule has 0 radical (unpaired) electrons. The molecular weight excluding hydrogens is 226 g/mol. The number of hydrogen-bond acceptors (Lipinski definition) is 4. The van der Waals surface area contributed by atoms with Crippen molar-refractivity contribution in [3.05, 3.63) is 0 Å². The first-order chi connectivity index (χ1) is 8.00. The fourth-order valence-electron chi connectivity index (χ4n) is 1.89. The van der Waals surface area contributed by atoms with Crippen LogP contribution in [0.15, 0.2) is 0 Å². The maximum Gasteiger partial charge on any atom is 0.335 e. The maximum atomic E-state index is 11.9. The number of rotatable bonds is 0. The lowest BCUT2D eigenvalue weighted by Crippen LogP contribution is -2.72. The molecule has 0 spiro atoms. The van der Waals surface area contributed by atoms with Crippen LogP contribution in [0.4, 0.5) is 4.79 Å². The van der Waals surface area contributed by atoms with Crippen LogP contribution in [0, 0.1) is 0 Å². The van der Waals surface area contributed by atoms with Crippen molar-refractivity contribution in [2.24, 2.45) is 0 Å². The van der Waals surface area contributed by atoms with Gasteiger partial charge >= 0.3 is 6.03 Å². The second-order valence-electron chi connectivity index (χ2n) is 4.19. The summed E-state index contributed by atoms with van der Waals surface area (Å²) in [5.74, 6) is -0.374. The van der Waals surface area contributed by atoms with Gasteiger partial charge in [-0.3, -0.25) is 9.59 Å². The Balaban J connectivity index is 2.18. The van der Waals surface area contributed by atoms with Crippen LogP contribution in [0.3, 0.4) is 0 Å². The number of piperazine rings is 1. The highest BCUT2D eigenvalue weighted by molar-refractivity contribution is 5.88. The molecule has 0 aromatic carbocycles. The lowest BCUT2D eigenvalue weighted by molar-refractivity contribution is -0.152. The van der Waals surface area contributed by atoms with E-state index in [0.29, 0.717) is 0 Å². The van der Waals surface area contributed by atoms with Gasteiger partial charge in [0.15, 0.2) is 0 Å². The highest BCUT2D eigenvalue weighted by Gasteiger charge is 2.40. The van der Waals surface area contributed by atoms with E-state index >= 15 is 0 Å². The predicted octanol–water partition coefficient (Wildman–Crippen LogP) is -2.23. The first-order valence-corrected chi connectivity index (χ1v) is 5.31. The van der Waals surface area contributed by atoms with Crippen LogP contribution < -0.4 is 10.7 Å². The molecule has 8 heteroatoms. The number of hydrogen-bond donors (Lipinski definition) is 2. The molecule has 0 saturated carbocycles. The smallest absolute Gasteiger partial charge is 0.335 e. The molecule has 94 valence electrons. The number of fused-ring (bicyclic) bond motifs is 1. The predicted molar refractivity (Wildman–Crippen MR) is 57.4 cm³/mol. The van der Waals surface area contributed by atoms with Crippen molar-refractivity contribution in [2.75, 3.05) is 33.7 Å². The van der Waals surface area contributed by atoms with E-state index in [1.807, 2.05) is 0 Å². The monoisotopic (exact) mass is 241 g/mol. The van der Waals surface area contributed by atoms with Gasteiger partial charge in [-0.05, 0) is 0 Å². The number of carbonyl (C=O) groups excluding carboxylic acids is 3. The molecule has 0 aromatic heterocycles. The molecule has 8 nitrogen and oxygen atoms in total. The molecule has 17 heavy (non-hydrogen) atoms. The summed E-state index contributed by atoms with van der Waals surface area (Å²) < 4.78 is 0. The van der Waals surface area contributed by atoms with Gasteiger partial charge in [0.25, 0.3) is 0 Å². The number of hydrazine groups is 1. The highest BCUT2D eigenvalue weighted by atomic mass is 16.2. The lowest BCUT2D eigenvalue weighted by Gasteiger charge is -2.46. The lowest BCUT2D eigenvalue weighted by atomic mass is 10.2. The fourth-order valence-corrected chi connectivity index (χ4v) is 1.89. The molecule has 2 rings (SSSR count). The second-order valence-corrected chi connectivity index (χ2v) is 4.19. The third kappa shape index (κ3) is 2.03. The molecule has 0 bridgehead atoms. The number of amides is 4. The summed E-state index contributed by atoms with van der Waals surface area (Å²) in [6.07, 6.45) is -0.455. The summed E-state index contributed by atoms with van der Waals surface area (Å²) in [6, 6.07) is -0.247. The topological polar surface area (TPSA) is 85.0 Å². The number of urea groups is 1. The summed E-state index contributed by atoms with van der Waals surface area (Å²) >= 11 is 0. The normalized spacial score (nSPS) is 24.2. The van der Waals surface area contributed by atoms with Gasteiger partial charge in [0.05, 0.1) is 13.1 Å². The summed E-state index contributed by atoms with van der Waals surface area (Å²) in [6.45, 7) is 0.281. The minimum absolute atomic E-state index is 0.00237. The van der Waals surface area contributed by atoms with Crippen LogP contribution in [0.2, 0.25) is 0 Å². The number of carbonyl (C=O) groups is 3. The average molecular weight is 241 g/mol. The zero-order valence-corrected chi connectivity index (χ0v) is 9.77. The van der Waals surface area contributed by atoms with Crippen molar-refractivity contribution in [3.8, 4) is 0 Å². The van der Waals surface area contributed by atoms with E-state index < -0.39 is 6.17 Å². The highest BCUT2D eigenvalue weighted by Crippen LogP contribution is 2.13. The van der Waals surface area contributed by atoms with Crippen molar-refractivity contribution in [1.82, 2.24) is 25.6 Å². The third-order valence-corrected chi connectivity index (χ3v) is 2.76. The zero-order valence-electron chi connectivity index (χ0n) is 9.77. The van der Waals surface area contributed by atoms with Crippen LogP contribution in [0.1, 0.15) is 0 Å². The van der Waals surface area contributed by atoms with Crippen LogP contribution in [0.25, 0.3) is 0 Å². The Hall–Kier alpha value is -1.83.